The highest BCUT2D eigenvalue weighted by atomic mass is 16.5. The molecule has 0 spiro atoms. The second kappa shape index (κ2) is 7.40. The van der Waals surface area contributed by atoms with E-state index in [1.54, 1.807) is 0 Å². The van der Waals surface area contributed by atoms with Crippen LogP contribution in [0.4, 0.5) is 0 Å². The van der Waals surface area contributed by atoms with Gasteiger partial charge in [-0.25, -0.2) is 0 Å². The highest BCUT2D eigenvalue weighted by Crippen LogP contribution is 2.21. The van der Waals surface area contributed by atoms with Crippen molar-refractivity contribution in [2.45, 2.75) is 45.1 Å². The molecule has 0 bridgehead atoms. The lowest BCUT2D eigenvalue weighted by molar-refractivity contribution is -0.145. The minimum Gasteiger partial charge on any atom is -0.469 e. The summed E-state index contributed by atoms with van der Waals surface area (Å²) in [5.41, 5.74) is 1.36. The minimum absolute atomic E-state index is 0.0149. The van der Waals surface area contributed by atoms with E-state index in [0.29, 0.717) is 0 Å². The average Bonchev–Trinajstić information content (AvgIpc) is 2.85. The number of nitrogens with zero attached hydrogens (tertiary/aromatic N) is 3. The van der Waals surface area contributed by atoms with E-state index in [-0.39, 0.29) is 11.9 Å². The molecule has 122 valence electrons. The van der Waals surface area contributed by atoms with Gasteiger partial charge in [0.05, 0.1) is 13.0 Å². The van der Waals surface area contributed by atoms with Crippen LogP contribution >= 0.6 is 0 Å². The molecule has 1 aromatic carbocycles. The molecule has 5 nitrogen and oxygen atoms in total. The first-order valence-corrected chi connectivity index (χ1v) is 8.30. The topological polar surface area (TPSA) is 57.0 Å². The zero-order valence-corrected chi connectivity index (χ0v) is 13.6. The molecule has 2 heterocycles. The molecule has 0 aliphatic carbocycles. The zero-order chi connectivity index (χ0) is 16.1. The maximum Gasteiger partial charge on any atom is 0.308 e. The average molecular weight is 313 g/mol. The Morgan fingerprint density at radius 3 is 2.83 bits per heavy atom. The first-order chi connectivity index (χ1) is 11.3. The first kappa shape index (κ1) is 15.7. The molecule has 0 amide bonds. The van der Waals surface area contributed by atoms with E-state index in [2.05, 4.69) is 39.0 Å². The van der Waals surface area contributed by atoms with Gasteiger partial charge in [0.15, 0.2) is 0 Å². The van der Waals surface area contributed by atoms with Crippen LogP contribution in [0.15, 0.2) is 30.3 Å². The number of carbonyl (C=O) groups is 1. The van der Waals surface area contributed by atoms with Crippen molar-refractivity contribution in [1.29, 1.82) is 0 Å². The van der Waals surface area contributed by atoms with Gasteiger partial charge in [0, 0.05) is 19.4 Å². The van der Waals surface area contributed by atoms with Gasteiger partial charge in [-0.3, -0.25) is 4.79 Å². The third kappa shape index (κ3) is 3.78. The van der Waals surface area contributed by atoms with Crippen molar-refractivity contribution >= 4 is 5.97 Å². The Hall–Kier alpha value is -2.17. The van der Waals surface area contributed by atoms with Crippen LogP contribution in [0, 0.1) is 5.92 Å². The van der Waals surface area contributed by atoms with Crippen LogP contribution in [-0.2, 0) is 35.3 Å². The highest BCUT2D eigenvalue weighted by molar-refractivity contribution is 5.72. The summed E-state index contributed by atoms with van der Waals surface area (Å²) >= 11 is 0. The first-order valence-electron chi connectivity index (χ1n) is 8.30. The van der Waals surface area contributed by atoms with Crippen LogP contribution in [0.25, 0.3) is 0 Å². The number of hydrogen-bond acceptors (Lipinski definition) is 4. The summed E-state index contributed by atoms with van der Waals surface area (Å²) in [5, 5.41) is 8.68. The lowest BCUT2D eigenvalue weighted by atomic mass is 10.0. The van der Waals surface area contributed by atoms with Gasteiger partial charge in [0.1, 0.15) is 11.6 Å². The second-order valence-corrected chi connectivity index (χ2v) is 6.07. The molecule has 0 N–H and O–H groups in total. The second-order valence-electron chi connectivity index (χ2n) is 6.07. The van der Waals surface area contributed by atoms with Crippen molar-refractivity contribution in [2.24, 2.45) is 5.92 Å². The predicted octanol–water partition coefficient (Wildman–Crippen LogP) is 2.58. The molecule has 3 rings (SSSR count). The van der Waals surface area contributed by atoms with Crippen molar-refractivity contribution in [3.05, 3.63) is 47.5 Å². The van der Waals surface area contributed by atoms with E-state index < -0.39 is 0 Å². The summed E-state index contributed by atoms with van der Waals surface area (Å²) in [6.07, 6.45) is 5.44. The van der Waals surface area contributed by atoms with Gasteiger partial charge in [0.2, 0.25) is 0 Å². The molecule has 23 heavy (non-hydrogen) atoms. The number of methoxy groups -OCH3 is 1. The number of benzene rings is 1. The van der Waals surface area contributed by atoms with E-state index in [1.165, 1.54) is 12.7 Å². The molecule has 2 aromatic rings. The monoisotopic (exact) mass is 313 g/mol. The van der Waals surface area contributed by atoms with Gasteiger partial charge in [-0.2, -0.15) is 0 Å². The lowest BCUT2D eigenvalue weighted by Crippen LogP contribution is -2.17. The Morgan fingerprint density at radius 1 is 1.22 bits per heavy atom. The smallest absolute Gasteiger partial charge is 0.308 e. The summed E-state index contributed by atoms with van der Waals surface area (Å²) in [7, 11) is 1.46. The van der Waals surface area contributed by atoms with E-state index in [9.17, 15) is 4.79 Å². The molecular weight excluding hydrogens is 290 g/mol. The molecule has 1 atom stereocenters. The van der Waals surface area contributed by atoms with Gasteiger partial charge in [0.25, 0.3) is 0 Å². The Labute approximate surface area is 136 Å². The van der Waals surface area contributed by atoms with Crippen molar-refractivity contribution in [3.63, 3.8) is 0 Å². The highest BCUT2D eigenvalue weighted by Gasteiger charge is 2.25. The maximum atomic E-state index is 11.7. The minimum atomic E-state index is -0.102. The third-order valence-corrected chi connectivity index (χ3v) is 4.56. The number of ether oxygens (including phenoxy) is 1. The lowest BCUT2D eigenvalue weighted by Gasteiger charge is -2.11. The molecule has 0 saturated carbocycles. The van der Waals surface area contributed by atoms with E-state index in [4.69, 9.17) is 4.74 Å². The standard InChI is InChI=1S/C18H23N3O2/c1-23-18(22)15-10-11-17-20-19-16(21(17)13-12-15)9-5-8-14-6-3-2-4-7-14/h2-4,6-7,15H,5,8-13H2,1H3. The number of rotatable bonds is 5. The maximum absolute atomic E-state index is 11.7. The quantitative estimate of drug-likeness (QED) is 0.796. The van der Waals surface area contributed by atoms with E-state index in [0.717, 1.165) is 56.7 Å². The fourth-order valence-corrected chi connectivity index (χ4v) is 3.23. The zero-order valence-electron chi connectivity index (χ0n) is 13.6. The van der Waals surface area contributed by atoms with Gasteiger partial charge < -0.3 is 9.30 Å². The number of aryl methyl sites for hydroxylation is 3. The number of aromatic nitrogens is 3. The van der Waals surface area contributed by atoms with Crippen LogP contribution in [0.2, 0.25) is 0 Å². The largest absolute Gasteiger partial charge is 0.469 e. The Kier molecular flexibility index (Phi) is 5.05. The van der Waals surface area contributed by atoms with Crippen molar-refractivity contribution < 1.29 is 9.53 Å². The van der Waals surface area contributed by atoms with Crippen molar-refractivity contribution in [3.8, 4) is 0 Å². The van der Waals surface area contributed by atoms with Crippen LogP contribution in [0.1, 0.15) is 36.5 Å². The molecule has 5 heteroatoms. The Morgan fingerprint density at radius 2 is 2.04 bits per heavy atom. The molecule has 1 aromatic heterocycles. The van der Waals surface area contributed by atoms with Crippen molar-refractivity contribution in [2.75, 3.05) is 7.11 Å². The predicted molar refractivity (Wildman–Crippen MR) is 86.9 cm³/mol. The number of fused-ring (bicyclic) bond motifs is 1. The summed E-state index contributed by atoms with van der Waals surface area (Å²) < 4.78 is 7.08. The van der Waals surface area contributed by atoms with Crippen LogP contribution < -0.4 is 0 Å². The molecule has 0 saturated heterocycles. The molecule has 1 aliphatic rings. The third-order valence-electron chi connectivity index (χ3n) is 4.56. The summed E-state index contributed by atoms with van der Waals surface area (Å²) in [4.78, 5) is 11.7. The molecule has 1 aliphatic heterocycles. The van der Waals surface area contributed by atoms with Gasteiger partial charge >= 0.3 is 5.97 Å². The van der Waals surface area contributed by atoms with Crippen LogP contribution in [0.5, 0.6) is 0 Å². The Bertz CT molecular complexity index is 652. The number of carbonyl (C=O) groups excluding carboxylic acids is 1. The van der Waals surface area contributed by atoms with Gasteiger partial charge in [-0.05, 0) is 31.2 Å². The normalized spacial score (nSPS) is 17.3. The summed E-state index contributed by atoms with van der Waals surface area (Å²) in [6.45, 7) is 0.808. The van der Waals surface area contributed by atoms with Crippen LogP contribution in [-0.4, -0.2) is 27.8 Å². The molecular formula is C18H23N3O2. The summed E-state index contributed by atoms with van der Waals surface area (Å²) in [6, 6.07) is 10.5. The SMILES string of the molecule is COC(=O)C1CCc2nnc(CCCc3ccccc3)n2CC1. The van der Waals surface area contributed by atoms with E-state index >= 15 is 0 Å². The number of hydrogen-bond donors (Lipinski definition) is 0. The van der Waals surface area contributed by atoms with Crippen molar-refractivity contribution in [1.82, 2.24) is 14.8 Å². The fraction of sp³-hybridized carbons (Fsp3) is 0.500. The molecule has 1 unspecified atom stereocenters. The summed E-state index contributed by atoms with van der Waals surface area (Å²) in [5.74, 6) is 1.93. The van der Waals surface area contributed by atoms with E-state index in [1.807, 2.05) is 6.07 Å². The van der Waals surface area contributed by atoms with Crippen LogP contribution in [0.3, 0.4) is 0 Å². The van der Waals surface area contributed by atoms with Gasteiger partial charge in [-0.1, -0.05) is 30.3 Å². The molecule has 0 fully saturated rings. The Balaban J connectivity index is 1.59. The fourth-order valence-electron chi connectivity index (χ4n) is 3.23. The molecule has 0 radical (unpaired) electrons. The van der Waals surface area contributed by atoms with Gasteiger partial charge in [-0.15, -0.1) is 10.2 Å². The number of esters is 1.